The topological polar surface area (TPSA) is 44.0 Å². The molecule has 2 aromatic carbocycles. The van der Waals surface area contributed by atoms with Gasteiger partial charge in [0.05, 0.1) is 10.6 Å². The number of hydrogen-bond donors (Lipinski definition) is 1. The molecule has 0 saturated carbocycles. The third kappa shape index (κ3) is 2.00. The maximum Gasteiger partial charge on any atom is 0.115 e. The number of phenols is 1. The summed E-state index contributed by atoms with van der Waals surface area (Å²) in [6.45, 7) is 0. The summed E-state index contributed by atoms with van der Waals surface area (Å²) in [4.78, 5) is 0. The molecule has 1 N–H and O–H groups in total. The van der Waals surface area contributed by atoms with Crippen molar-refractivity contribution in [3.8, 4) is 22.9 Å². The van der Waals surface area contributed by atoms with E-state index >= 15 is 0 Å². The van der Waals surface area contributed by atoms with Gasteiger partial charge in [-0.2, -0.15) is 5.26 Å². The van der Waals surface area contributed by atoms with Crippen LogP contribution in [-0.2, 0) is 0 Å². The molecule has 0 saturated heterocycles. The third-order valence-electron chi connectivity index (χ3n) is 2.29. The lowest BCUT2D eigenvalue weighted by Gasteiger charge is -2.03. The van der Waals surface area contributed by atoms with Gasteiger partial charge in [-0.1, -0.05) is 29.8 Å². The summed E-state index contributed by atoms with van der Waals surface area (Å²) in [5.41, 5.74) is 2.33. The van der Waals surface area contributed by atoms with Gasteiger partial charge in [-0.3, -0.25) is 0 Å². The molecule has 0 fully saturated rings. The van der Waals surface area contributed by atoms with E-state index in [1.54, 1.807) is 36.4 Å². The van der Waals surface area contributed by atoms with Crippen molar-refractivity contribution >= 4 is 11.6 Å². The lowest BCUT2D eigenvalue weighted by Crippen LogP contribution is -1.81. The van der Waals surface area contributed by atoms with Gasteiger partial charge in [0, 0.05) is 0 Å². The van der Waals surface area contributed by atoms with Crippen LogP contribution >= 0.6 is 11.6 Å². The number of hydrogen-bond acceptors (Lipinski definition) is 2. The molecule has 16 heavy (non-hydrogen) atoms. The molecule has 0 heterocycles. The van der Waals surface area contributed by atoms with Crippen LogP contribution in [0.15, 0.2) is 42.5 Å². The Bertz CT molecular complexity index is 555. The van der Waals surface area contributed by atoms with Crippen LogP contribution in [0.1, 0.15) is 5.56 Å². The van der Waals surface area contributed by atoms with Crippen LogP contribution in [0.3, 0.4) is 0 Å². The Morgan fingerprint density at radius 2 is 1.62 bits per heavy atom. The second kappa shape index (κ2) is 4.26. The Labute approximate surface area is 98.3 Å². The number of benzene rings is 2. The quantitative estimate of drug-likeness (QED) is 0.812. The first-order valence-corrected chi connectivity index (χ1v) is 5.07. The first-order chi connectivity index (χ1) is 7.70. The molecule has 2 rings (SSSR count). The van der Waals surface area contributed by atoms with Gasteiger partial charge < -0.3 is 5.11 Å². The van der Waals surface area contributed by atoms with E-state index in [4.69, 9.17) is 16.9 Å². The third-order valence-corrected chi connectivity index (χ3v) is 2.60. The summed E-state index contributed by atoms with van der Waals surface area (Å²) >= 11 is 5.94. The summed E-state index contributed by atoms with van der Waals surface area (Å²) in [6.07, 6.45) is 0. The molecule has 0 spiro atoms. The second-order valence-electron chi connectivity index (χ2n) is 3.35. The fraction of sp³-hybridized carbons (Fsp3) is 0. The zero-order chi connectivity index (χ0) is 11.5. The Hall–Kier alpha value is -1.98. The largest absolute Gasteiger partial charge is 0.508 e. The van der Waals surface area contributed by atoms with E-state index in [0.717, 1.165) is 11.1 Å². The summed E-state index contributed by atoms with van der Waals surface area (Å²) in [5.74, 6) is 0.225. The predicted octanol–water partition coefficient (Wildman–Crippen LogP) is 3.58. The lowest BCUT2D eigenvalue weighted by atomic mass is 10.0. The summed E-state index contributed by atoms with van der Waals surface area (Å²) in [5, 5.41) is 18.4. The summed E-state index contributed by atoms with van der Waals surface area (Å²) < 4.78 is 0. The van der Waals surface area contributed by atoms with Crippen molar-refractivity contribution in [2.45, 2.75) is 0 Å². The van der Waals surface area contributed by atoms with E-state index in [1.807, 2.05) is 12.1 Å². The van der Waals surface area contributed by atoms with Crippen LogP contribution in [0.2, 0.25) is 5.02 Å². The number of nitrogens with zero attached hydrogens (tertiary/aromatic N) is 1. The summed E-state index contributed by atoms with van der Waals surface area (Å²) in [6, 6.07) is 14.1. The molecule has 0 aliphatic rings. The fourth-order valence-electron chi connectivity index (χ4n) is 1.44. The average molecular weight is 230 g/mol. The highest BCUT2D eigenvalue weighted by atomic mass is 35.5. The standard InChI is InChI=1S/C13H8ClNO/c14-13-7-10(1-2-11(13)8-15)9-3-5-12(16)6-4-9/h1-7,16H. The van der Waals surface area contributed by atoms with E-state index in [1.165, 1.54) is 0 Å². The van der Waals surface area contributed by atoms with Crippen LogP contribution in [0.25, 0.3) is 11.1 Å². The molecular weight excluding hydrogens is 222 g/mol. The highest BCUT2D eigenvalue weighted by molar-refractivity contribution is 6.32. The minimum absolute atomic E-state index is 0.225. The first kappa shape index (κ1) is 10.5. The van der Waals surface area contributed by atoms with E-state index < -0.39 is 0 Å². The van der Waals surface area contributed by atoms with Crippen LogP contribution < -0.4 is 0 Å². The second-order valence-corrected chi connectivity index (χ2v) is 3.76. The van der Waals surface area contributed by atoms with Gasteiger partial charge in [-0.25, -0.2) is 0 Å². The van der Waals surface area contributed by atoms with Crippen LogP contribution in [-0.4, -0.2) is 5.11 Å². The fourth-order valence-corrected chi connectivity index (χ4v) is 1.66. The van der Waals surface area contributed by atoms with Crippen molar-refractivity contribution in [3.05, 3.63) is 53.1 Å². The van der Waals surface area contributed by atoms with E-state index in [0.29, 0.717) is 10.6 Å². The smallest absolute Gasteiger partial charge is 0.115 e. The lowest BCUT2D eigenvalue weighted by molar-refractivity contribution is 0.475. The number of halogens is 1. The van der Waals surface area contributed by atoms with E-state index in [2.05, 4.69) is 0 Å². The molecular formula is C13H8ClNO. The molecule has 0 bridgehead atoms. The number of rotatable bonds is 1. The van der Waals surface area contributed by atoms with Crippen molar-refractivity contribution in [2.24, 2.45) is 0 Å². The molecule has 2 nitrogen and oxygen atoms in total. The molecule has 0 aliphatic carbocycles. The maximum absolute atomic E-state index is 9.17. The van der Waals surface area contributed by atoms with Gasteiger partial charge in [-0.05, 0) is 35.4 Å². The van der Waals surface area contributed by atoms with Gasteiger partial charge in [-0.15, -0.1) is 0 Å². The average Bonchev–Trinajstić information content (AvgIpc) is 2.30. The molecule has 0 atom stereocenters. The number of phenolic OH excluding ortho intramolecular Hbond substituents is 1. The minimum Gasteiger partial charge on any atom is -0.508 e. The monoisotopic (exact) mass is 229 g/mol. The Morgan fingerprint density at radius 1 is 1.00 bits per heavy atom. The molecule has 3 heteroatoms. The van der Waals surface area contributed by atoms with Crippen molar-refractivity contribution < 1.29 is 5.11 Å². The van der Waals surface area contributed by atoms with Crippen LogP contribution in [0.4, 0.5) is 0 Å². The molecule has 2 aromatic rings. The Balaban J connectivity index is 2.46. The van der Waals surface area contributed by atoms with Crippen molar-refractivity contribution in [1.29, 1.82) is 5.26 Å². The Kier molecular flexibility index (Phi) is 2.80. The van der Waals surface area contributed by atoms with Gasteiger partial charge in [0.25, 0.3) is 0 Å². The van der Waals surface area contributed by atoms with Crippen molar-refractivity contribution in [3.63, 3.8) is 0 Å². The molecule has 0 aromatic heterocycles. The molecule has 0 unspecified atom stereocenters. The van der Waals surface area contributed by atoms with Crippen molar-refractivity contribution in [2.75, 3.05) is 0 Å². The van der Waals surface area contributed by atoms with Crippen LogP contribution in [0, 0.1) is 11.3 Å². The Morgan fingerprint density at radius 3 is 2.19 bits per heavy atom. The number of aromatic hydroxyl groups is 1. The van der Waals surface area contributed by atoms with E-state index in [-0.39, 0.29) is 5.75 Å². The van der Waals surface area contributed by atoms with Crippen LogP contribution in [0.5, 0.6) is 5.75 Å². The van der Waals surface area contributed by atoms with Gasteiger partial charge in [0.2, 0.25) is 0 Å². The highest BCUT2D eigenvalue weighted by Gasteiger charge is 2.02. The molecule has 0 radical (unpaired) electrons. The first-order valence-electron chi connectivity index (χ1n) is 4.70. The number of nitriles is 1. The van der Waals surface area contributed by atoms with Crippen molar-refractivity contribution in [1.82, 2.24) is 0 Å². The van der Waals surface area contributed by atoms with Gasteiger partial charge in [0.15, 0.2) is 0 Å². The van der Waals surface area contributed by atoms with Gasteiger partial charge in [0.1, 0.15) is 11.8 Å². The zero-order valence-electron chi connectivity index (χ0n) is 8.31. The SMILES string of the molecule is N#Cc1ccc(-c2ccc(O)cc2)cc1Cl. The maximum atomic E-state index is 9.17. The predicted molar refractivity (Wildman–Crippen MR) is 63.3 cm³/mol. The molecule has 0 aliphatic heterocycles. The summed E-state index contributed by atoms with van der Waals surface area (Å²) in [7, 11) is 0. The van der Waals surface area contributed by atoms with Gasteiger partial charge >= 0.3 is 0 Å². The molecule has 78 valence electrons. The highest BCUT2D eigenvalue weighted by Crippen LogP contribution is 2.26. The van der Waals surface area contributed by atoms with E-state index in [9.17, 15) is 5.11 Å². The minimum atomic E-state index is 0.225. The molecule has 0 amide bonds. The zero-order valence-corrected chi connectivity index (χ0v) is 9.07. The normalized spacial score (nSPS) is 9.75.